The maximum atomic E-state index is 12.4. The van der Waals surface area contributed by atoms with Crippen molar-refractivity contribution in [1.82, 2.24) is 20.7 Å². The van der Waals surface area contributed by atoms with Gasteiger partial charge >= 0.3 is 0 Å². The van der Waals surface area contributed by atoms with E-state index in [9.17, 15) is 9.59 Å². The van der Waals surface area contributed by atoms with Gasteiger partial charge in [-0.05, 0) is 45.3 Å². The Morgan fingerprint density at radius 3 is 2.61 bits per heavy atom. The average Bonchev–Trinajstić information content (AvgIpc) is 3.13. The molecular formula is C21H24N4O3. The molecule has 2 aromatic carbocycles. The first-order valence-electron chi connectivity index (χ1n) is 9.19. The largest absolute Gasteiger partial charge is 0.355 e. The first-order chi connectivity index (χ1) is 13.5. The van der Waals surface area contributed by atoms with E-state index in [1.165, 1.54) is 0 Å². The summed E-state index contributed by atoms with van der Waals surface area (Å²) in [5, 5.41) is 10.3. The number of hydrogen-bond acceptors (Lipinski definition) is 5. The van der Waals surface area contributed by atoms with E-state index in [4.69, 9.17) is 4.52 Å². The summed E-state index contributed by atoms with van der Waals surface area (Å²) < 4.78 is 5.46. The zero-order valence-electron chi connectivity index (χ0n) is 16.1. The van der Waals surface area contributed by atoms with Crippen molar-refractivity contribution in [3.05, 3.63) is 54.1 Å². The van der Waals surface area contributed by atoms with Gasteiger partial charge in [0.25, 0.3) is 5.91 Å². The van der Waals surface area contributed by atoms with Crippen LogP contribution in [0.5, 0.6) is 0 Å². The summed E-state index contributed by atoms with van der Waals surface area (Å²) in [4.78, 5) is 26.4. The lowest BCUT2D eigenvalue weighted by atomic mass is 10.1. The molecule has 1 heterocycles. The number of hydrogen-bond donors (Lipinski definition) is 2. The molecule has 28 heavy (non-hydrogen) atoms. The molecule has 0 aliphatic heterocycles. The van der Waals surface area contributed by atoms with Crippen LogP contribution in [0.1, 0.15) is 16.8 Å². The van der Waals surface area contributed by atoms with Crippen LogP contribution in [-0.2, 0) is 4.79 Å². The summed E-state index contributed by atoms with van der Waals surface area (Å²) in [6, 6.07) is 14.7. The Morgan fingerprint density at radius 2 is 1.86 bits per heavy atom. The Labute approximate surface area is 163 Å². The van der Waals surface area contributed by atoms with Crippen molar-refractivity contribution in [3.63, 3.8) is 0 Å². The van der Waals surface area contributed by atoms with E-state index in [0.29, 0.717) is 23.4 Å². The Hall–Kier alpha value is -3.19. The van der Waals surface area contributed by atoms with Gasteiger partial charge in [-0.2, -0.15) is 0 Å². The summed E-state index contributed by atoms with van der Waals surface area (Å²) in [5.41, 5.74) is 2.02. The number of carbonyl (C=O) groups excluding carboxylic acids is 2. The molecule has 1 aromatic heterocycles. The van der Waals surface area contributed by atoms with Crippen LogP contribution in [0.4, 0.5) is 0 Å². The molecule has 0 spiro atoms. The highest BCUT2D eigenvalue weighted by Gasteiger charge is 2.14. The number of carbonyl (C=O) groups is 2. The number of nitrogens with one attached hydrogen (secondary N) is 2. The Morgan fingerprint density at radius 1 is 1.07 bits per heavy atom. The van der Waals surface area contributed by atoms with E-state index in [0.717, 1.165) is 23.9 Å². The summed E-state index contributed by atoms with van der Waals surface area (Å²) in [6.07, 6.45) is 0.860. The molecule has 3 aromatic rings. The van der Waals surface area contributed by atoms with E-state index < -0.39 is 0 Å². The minimum absolute atomic E-state index is 0.0615. The lowest BCUT2D eigenvalue weighted by Crippen LogP contribution is -2.37. The highest BCUT2D eigenvalue weighted by Crippen LogP contribution is 2.29. The molecule has 0 fully saturated rings. The molecule has 146 valence electrons. The third-order valence-corrected chi connectivity index (χ3v) is 4.29. The fourth-order valence-electron chi connectivity index (χ4n) is 2.83. The summed E-state index contributed by atoms with van der Waals surface area (Å²) in [5.74, 6) is 0.0950. The molecule has 2 amide bonds. The molecule has 0 atom stereocenters. The molecule has 0 unspecified atom stereocenters. The van der Waals surface area contributed by atoms with Crippen LogP contribution in [0.2, 0.25) is 0 Å². The quantitative estimate of drug-likeness (QED) is 0.586. The minimum Gasteiger partial charge on any atom is -0.355 e. The highest BCUT2D eigenvalue weighted by molar-refractivity contribution is 6.01. The fraction of sp³-hybridized carbons (Fsp3) is 0.286. The second-order valence-electron chi connectivity index (χ2n) is 6.80. The highest BCUT2D eigenvalue weighted by atomic mass is 16.5. The molecule has 0 aliphatic rings. The van der Waals surface area contributed by atoms with Crippen molar-refractivity contribution in [2.24, 2.45) is 0 Å². The van der Waals surface area contributed by atoms with Gasteiger partial charge in [-0.3, -0.25) is 9.59 Å². The zero-order valence-corrected chi connectivity index (χ0v) is 16.1. The second-order valence-corrected chi connectivity index (χ2v) is 6.80. The molecule has 0 saturated heterocycles. The fourth-order valence-corrected chi connectivity index (χ4v) is 2.83. The number of amides is 2. The molecule has 0 saturated carbocycles. The normalized spacial score (nSPS) is 11.0. The van der Waals surface area contributed by atoms with Gasteiger partial charge in [0, 0.05) is 17.7 Å². The van der Waals surface area contributed by atoms with Gasteiger partial charge in [-0.1, -0.05) is 35.5 Å². The predicted octanol–water partition coefficient (Wildman–Crippen LogP) is 2.29. The monoisotopic (exact) mass is 380 g/mol. The smallest absolute Gasteiger partial charge is 0.251 e. The van der Waals surface area contributed by atoms with Crippen LogP contribution in [0.15, 0.2) is 53.1 Å². The lowest BCUT2D eigenvalue weighted by Gasteiger charge is -2.10. The lowest BCUT2D eigenvalue weighted by molar-refractivity contribution is -0.120. The predicted molar refractivity (Wildman–Crippen MR) is 108 cm³/mol. The maximum absolute atomic E-state index is 12.4. The van der Waals surface area contributed by atoms with E-state index in [-0.39, 0.29) is 18.4 Å². The Balaban J connectivity index is 1.62. The van der Waals surface area contributed by atoms with E-state index in [1.807, 2.05) is 44.4 Å². The number of aromatic nitrogens is 1. The van der Waals surface area contributed by atoms with Crippen LogP contribution >= 0.6 is 0 Å². The van der Waals surface area contributed by atoms with Gasteiger partial charge < -0.3 is 20.1 Å². The summed E-state index contributed by atoms with van der Waals surface area (Å²) >= 11 is 0. The van der Waals surface area contributed by atoms with Gasteiger partial charge in [0.1, 0.15) is 5.52 Å². The van der Waals surface area contributed by atoms with Gasteiger partial charge in [-0.25, -0.2) is 0 Å². The topological polar surface area (TPSA) is 87.5 Å². The van der Waals surface area contributed by atoms with Crippen LogP contribution in [0.25, 0.3) is 22.2 Å². The number of nitrogens with zero attached hydrogens (tertiary/aromatic N) is 2. The van der Waals surface area contributed by atoms with Gasteiger partial charge in [-0.15, -0.1) is 0 Å². The van der Waals surface area contributed by atoms with Crippen molar-refractivity contribution in [1.29, 1.82) is 0 Å². The first kappa shape index (κ1) is 19.6. The van der Waals surface area contributed by atoms with Crippen molar-refractivity contribution in [3.8, 4) is 11.3 Å². The molecule has 2 N–H and O–H groups in total. The SMILES string of the molecule is CN(C)CCCNC(=O)CNC(=O)c1ccc2noc(-c3ccccc3)c2c1. The van der Waals surface area contributed by atoms with Crippen LogP contribution in [0.3, 0.4) is 0 Å². The van der Waals surface area contributed by atoms with Crippen molar-refractivity contribution < 1.29 is 14.1 Å². The molecule has 7 heteroatoms. The van der Waals surface area contributed by atoms with Crippen molar-refractivity contribution in [2.75, 3.05) is 33.7 Å². The number of rotatable bonds is 8. The standard InChI is InChI=1S/C21H24N4O3/c1-25(2)12-6-11-22-19(26)14-23-21(27)16-9-10-18-17(13-16)20(28-24-18)15-7-4-3-5-8-15/h3-5,7-10,13H,6,11-12,14H2,1-2H3,(H,22,26)(H,23,27). The minimum atomic E-state index is -0.314. The van der Waals surface area contributed by atoms with Gasteiger partial charge in [0.2, 0.25) is 5.91 Å². The van der Waals surface area contributed by atoms with Crippen LogP contribution in [0, 0.1) is 0 Å². The Bertz CT molecular complexity index is 951. The third kappa shape index (κ3) is 4.95. The molecule has 7 nitrogen and oxygen atoms in total. The molecule has 0 radical (unpaired) electrons. The van der Waals surface area contributed by atoms with Crippen molar-refractivity contribution >= 4 is 22.7 Å². The molecule has 0 aliphatic carbocycles. The first-order valence-corrected chi connectivity index (χ1v) is 9.19. The second kappa shape index (κ2) is 9.14. The maximum Gasteiger partial charge on any atom is 0.251 e. The summed E-state index contributed by atoms with van der Waals surface area (Å²) in [7, 11) is 3.97. The molecular weight excluding hydrogens is 356 g/mol. The molecule has 3 rings (SSSR count). The number of fused-ring (bicyclic) bond motifs is 1. The Kier molecular flexibility index (Phi) is 6.39. The van der Waals surface area contributed by atoms with Crippen LogP contribution in [-0.4, -0.2) is 55.6 Å². The third-order valence-electron chi connectivity index (χ3n) is 4.29. The molecule has 0 bridgehead atoms. The number of benzene rings is 2. The van der Waals surface area contributed by atoms with Gasteiger partial charge in [0.15, 0.2) is 5.76 Å². The summed E-state index contributed by atoms with van der Waals surface area (Å²) in [6.45, 7) is 1.42. The van der Waals surface area contributed by atoms with E-state index >= 15 is 0 Å². The average molecular weight is 380 g/mol. The van der Waals surface area contributed by atoms with Crippen LogP contribution < -0.4 is 10.6 Å². The van der Waals surface area contributed by atoms with Crippen molar-refractivity contribution in [2.45, 2.75) is 6.42 Å². The van der Waals surface area contributed by atoms with Gasteiger partial charge in [0.05, 0.1) is 11.9 Å². The van der Waals surface area contributed by atoms with E-state index in [2.05, 4.69) is 20.7 Å². The zero-order chi connectivity index (χ0) is 19.9. The van der Waals surface area contributed by atoms with E-state index in [1.54, 1.807) is 18.2 Å².